The van der Waals surface area contributed by atoms with Gasteiger partial charge in [0, 0.05) is 22.4 Å². The molecule has 0 saturated carbocycles. The highest BCUT2D eigenvalue weighted by Gasteiger charge is 2.36. The summed E-state index contributed by atoms with van der Waals surface area (Å²) in [5.41, 5.74) is 12.8. The van der Waals surface area contributed by atoms with E-state index >= 15 is 0 Å². The maximum absolute atomic E-state index is 5.01. The van der Waals surface area contributed by atoms with Crippen molar-refractivity contribution in [2.75, 3.05) is 4.90 Å². The quantitative estimate of drug-likeness (QED) is 0.205. The monoisotopic (exact) mass is 583 g/mol. The van der Waals surface area contributed by atoms with Gasteiger partial charge in [0.1, 0.15) is 5.82 Å². The molecule has 1 aliphatic heterocycles. The maximum Gasteiger partial charge on any atom is 0.145 e. The van der Waals surface area contributed by atoms with Gasteiger partial charge in [-0.1, -0.05) is 125 Å². The van der Waals surface area contributed by atoms with Crippen molar-refractivity contribution in [1.82, 2.24) is 9.55 Å². The number of hydrogen-bond donors (Lipinski definition) is 0. The first-order valence-corrected chi connectivity index (χ1v) is 15.8. The van der Waals surface area contributed by atoms with Crippen LogP contribution in [0, 0.1) is 0 Å². The molecule has 45 heavy (non-hydrogen) atoms. The molecule has 0 amide bonds. The number of imidazole rings is 1. The van der Waals surface area contributed by atoms with Crippen LogP contribution in [0.2, 0.25) is 0 Å². The Morgan fingerprint density at radius 3 is 1.84 bits per heavy atom. The third kappa shape index (κ3) is 4.81. The molecular weight excluding hydrogens is 546 g/mol. The van der Waals surface area contributed by atoms with Crippen LogP contribution < -0.4 is 4.90 Å². The van der Waals surface area contributed by atoms with Gasteiger partial charge in [0.25, 0.3) is 0 Å². The van der Waals surface area contributed by atoms with Crippen molar-refractivity contribution in [1.29, 1.82) is 0 Å². The summed E-state index contributed by atoms with van der Waals surface area (Å²) in [5.74, 6) is 0.949. The average Bonchev–Trinajstić information content (AvgIpc) is 3.50. The van der Waals surface area contributed by atoms with E-state index in [2.05, 4.69) is 163 Å². The van der Waals surface area contributed by atoms with Crippen molar-refractivity contribution in [3.05, 3.63) is 163 Å². The van der Waals surface area contributed by atoms with Gasteiger partial charge in [-0.2, -0.15) is 0 Å². The number of rotatable bonds is 4. The first-order valence-electron chi connectivity index (χ1n) is 15.8. The Kier molecular flexibility index (Phi) is 7.31. The Labute approximate surface area is 266 Å². The van der Waals surface area contributed by atoms with E-state index in [9.17, 15) is 0 Å². The minimum absolute atomic E-state index is 0.145. The van der Waals surface area contributed by atoms with Crippen LogP contribution in [0.5, 0.6) is 0 Å². The first kappa shape index (κ1) is 28.4. The van der Waals surface area contributed by atoms with Crippen LogP contribution in [0.15, 0.2) is 152 Å². The van der Waals surface area contributed by atoms with Crippen molar-refractivity contribution in [3.63, 3.8) is 0 Å². The second-order valence-corrected chi connectivity index (χ2v) is 11.7. The summed E-state index contributed by atoms with van der Waals surface area (Å²) in [6, 6.07) is 54.1. The van der Waals surface area contributed by atoms with E-state index in [0.717, 1.165) is 28.1 Å². The summed E-state index contributed by atoms with van der Waals surface area (Å²) >= 11 is 0. The Morgan fingerprint density at radius 1 is 0.489 bits per heavy atom. The minimum Gasteiger partial charge on any atom is -0.310 e. The zero-order valence-electron chi connectivity index (χ0n) is 26.3. The number of para-hydroxylation sites is 4. The Bertz CT molecular complexity index is 2090. The molecule has 0 N–H and O–H groups in total. The van der Waals surface area contributed by atoms with Crippen LogP contribution in [0.3, 0.4) is 0 Å². The van der Waals surface area contributed by atoms with Crippen molar-refractivity contribution in [2.24, 2.45) is 0 Å². The molecule has 2 heterocycles. The molecule has 6 aromatic carbocycles. The standard InChI is InChI=1S/C40H31N3.C2H6/c1-40(2)33-17-9-11-19-36(33)42(31-15-7-4-8-16-31)37-26-23-30(27-34(37)40)28-21-24-32(25-22-28)43-38-20-12-10-18-35(38)41-39(43)29-13-5-3-6-14-29;1-2/h3-27H,1-2H3;1-2H3. The summed E-state index contributed by atoms with van der Waals surface area (Å²) in [6.45, 7) is 8.68. The first-order chi connectivity index (χ1) is 22.1. The Balaban J connectivity index is 0.00000160. The molecule has 0 fully saturated rings. The van der Waals surface area contributed by atoms with Crippen molar-refractivity contribution < 1.29 is 0 Å². The van der Waals surface area contributed by atoms with Crippen LogP contribution in [0.25, 0.3) is 39.2 Å². The Morgan fingerprint density at radius 2 is 1.09 bits per heavy atom. The molecule has 0 aliphatic carbocycles. The molecular formula is C42H37N3. The number of benzene rings is 6. The van der Waals surface area contributed by atoms with Gasteiger partial charge in [-0.25, -0.2) is 4.98 Å². The lowest BCUT2D eigenvalue weighted by Crippen LogP contribution is -2.30. The predicted molar refractivity (Wildman–Crippen MR) is 190 cm³/mol. The highest BCUT2D eigenvalue weighted by Crippen LogP contribution is 2.52. The highest BCUT2D eigenvalue weighted by molar-refractivity contribution is 5.88. The molecule has 0 saturated heterocycles. The molecule has 1 aromatic heterocycles. The summed E-state index contributed by atoms with van der Waals surface area (Å²) in [5, 5.41) is 0. The topological polar surface area (TPSA) is 21.1 Å². The molecule has 0 bridgehead atoms. The fourth-order valence-corrected chi connectivity index (χ4v) is 6.61. The molecule has 7 aromatic rings. The third-order valence-corrected chi connectivity index (χ3v) is 8.80. The number of aromatic nitrogens is 2. The lowest BCUT2D eigenvalue weighted by molar-refractivity contribution is 0.632. The molecule has 8 rings (SSSR count). The largest absolute Gasteiger partial charge is 0.310 e. The van der Waals surface area contributed by atoms with Crippen LogP contribution in [-0.2, 0) is 5.41 Å². The van der Waals surface area contributed by atoms with Gasteiger partial charge in [0.2, 0.25) is 0 Å². The second kappa shape index (κ2) is 11.6. The van der Waals surface area contributed by atoms with E-state index < -0.39 is 0 Å². The van der Waals surface area contributed by atoms with Gasteiger partial charge < -0.3 is 4.90 Å². The van der Waals surface area contributed by atoms with Crippen molar-refractivity contribution in [3.8, 4) is 28.2 Å². The summed E-state index contributed by atoms with van der Waals surface area (Å²) in [4.78, 5) is 7.41. The van der Waals surface area contributed by atoms with Gasteiger partial charge in [-0.15, -0.1) is 0 Å². The number of fused-ring (bicyclic) bond motifs is 3. The van der Waals surface area contributed by atoms with Gasteiger partial charge in [0.05, 0.1) is 22.4 Å². The van der Waals surface area contributed by atoms with E-state index in [1.807, 2.05) is 26.0 Å². The molecule has 1 aliphatic rings. The lowest BCUT2D eigenvalue weighted by Gasteiger charge is -2.42. The van der Waals surface area contributed by atoms with Crippen molar-refractivity contribution in [2.45, 2.75) is 33.1 Å². The van der Waals surface area contributed by atoms with Gasteiger partial charge in [0.15, 0.2) is 0 Å². The zero-order chi connectivity index (χ0) is 31.0. The molecule has 220 valence electrons. The molecule has 0 atom stereocenters. The van der Waals surface area contributed by atoms with E-state index in [0.29, 0.717) is 0 Å². The second-order valence-electron chi connectivity index (χ2n) is 11.7. The fourth-order valence-electron chi connectivity index (χ4n) is 6.61. The fraction of sp³-hybridized carbons (Fsp3) is 0.119. The van der Waals surface area contributed by atoms with Crippen LogP contribution in [0.1, 0.15) is 38.8 Å². The summed E-state index contributed by atoms with van der Waals surface area (Å²) < 4.78 is 2.26. The van der Waals surface area contributed by atoms with E-state index in [-0.39, 0.29) is 5.41 Å². The van der Waals surface area contributed by atoms with Gasteiger partial charge in [-0.05, 0) is 76.9 Å². The number of hydrogen-bond acceptors (Lipinski definition) is 2. The molecule has 0 radical (unpaired) electrons. The molecule has 3 nitrogen and oxygen atoms in total. The molecule has 0 spiro atoms. The molecule has 0 unspecified atom stereocenters. The molecule has 3 heteroatoms. The normalized spacial score (nSPS) is 13.0. The SMILES string of the molecule is CC.CC1(C)c2ccccc2N(c2ccccc2)c2ccc(-c3ccc(-n4c(-c5ccccc5)nc5ccccc54)cc3)cc21. The smallest absolute Gasteiger partial charge is 0.145 e. The van der Waals surface area contributed by atoms with Gasteiger partial charge >= 0.3 is 0 Å². The lowest BCUT2D eigenvalue weighted by atomic mass is 9.73. The third-order valence-electron chi connectivity index (χ3n) is 8.80. The number of anilines is 3. The Hall–Kier alpha value is -5.41. The van der Waals surface area contributed by atoms with Crippen LogP contribution in [0.4, 0.5) is 17.1 Å². The predicted octanol–water partition coefficient (Wildman–Crippen LogP) is 11.5. The maximum atomic E-state index is 5.01. The summed E-state index contributed by atoms with van der Waals surface area (Å²) in [7, 11) is 0. The van der Waals surface area contributed by atoms with Gasteiger partial charge in [-0.3, -0.25) is 4.57 Å². The average molecular weight is 584 g/mol. The number of nitrogens with zero attached hydrogens (tertiary/aromatic N) is 3. The van der Waals surface area contributed by atoms with E-state index in [1.54, 1.807) is 0 Å². The summed E-state index contributed by atoms with van der Waals surface area (Å²) in [6.07, 6.45) is 0. The van der Waals surface area contributed by atoms with Crippen molar-refractivity contribution >= 4 is 28.1 Å². The van der Waals surface area contributed by atoms with Crippen LogP contribution in [-0.4, -0.2) is 9.55 Å². The highest BCUT2D eigenvalue weighted by atomic mass is 15.2. The van der Waals surface area contributed by atoms with Crippen LogP contribution >= 0.6 is 0 Å². The van der Waals surface area contributed by atoms with E-state index in [4.69, 9.17) is 4.98 Å². The van der Waals surface area contributed by atoms with E-state index in [1.165, 1.54) is 39.3 Å². The zero-order valence-corrected chi connectivity index (χ0v) is 26.3. The minimum atomic E-state index is -0.145.